The third-order valence-electron chi connectivity index (χ3n) is 6.37. The van der Waals surface area contributed by atoms with Crippen LogP contribution in [0.25, 0.3) is 21.8 Å². The zero-order chi connectivity index (χ0) is 25.1. The number of nitrogens with two attached hydrogens (primary N) is 2. The lowest BCUT2D eigenvalue weighted by Gasteiger charge is -2.14. The second-order valence-corrected chi connectivity index (χ2v) is 8.63. The standard InChI is InChI=1S/C29H27N3O4/c30-29(34)22-12-6-13-23-27(22)28-24(14-7-15-25(28)35-18-26(33)36-31)32(23)17-21-11-5-4-10-20(21)16-19-8-2-1-3-9-19/h1-15,26,33H,16-18,31H2,(H2,30,34). The number of carbonyl (C=O) groups excluding carboxylic acids is 1. The molecule has 7 heteroatoms. The SMILES string of the molecule is NOC(O)COc1cccc2c1c1c(C(N)=O)cccc1n2Cc1ccccc1Cc1ccccc1. The van der Waals surface area contributed by atoms with E-state index in [2.05, 4.69) is 39.7 Å². The van der Waals surface area contributed by atoms with Crippen LogP contribution in [0.4, 0.5) is 0 Å². The van der Waals surface area contributed by atoms with Gasteiger partial charge in [-0.05, 0) is 47.4 Å². The monoisotopic (exact) mass is 481 g/mol. The summed E-state index contributed by atoms with van der Waals surface area (Å²) in [6.07, 6.45) is -0.472. The van der Waals surface area contributed by atoms with Gasteiger partial charge >= 0.3 is 0 Å². The van der Waals surface area contributed by atoms with Crippen molar-refractivity contribution in [2.45, 2.75) is 19.3 Å². The predicted octanol–water partition coefficient (Wildman–Crippen LogP) is 4.12. The van der Waals surface area contributed by atoms with Crippen LogP contribution in [0.2, 0.25) is 0 Å². The Labute approximate surface area is 208 Å². The first-order chi connectivity index (χ1) is 17.6. The number of aliphatic hydroxyl groups excluding tert-OH is 1. The van der Waals surface area contributed by atoms with E-state index in [1.807, 2.05) is 48.5 Å². The van der Waals surface area contributed by atoms with Gasteiger partial charge in [0.25, 0.3) is 0 Å². The number of rotatable bonds is 9. The van der Waals surface area contributed by atoms with E-state index in [0.29, 0.717) is 23.2 Å². The molecule has 4 aromatic carbocycles. The van der Waals surface area contributed by atoms with Crippen molar-refractivity contribution in [3.8, 4) is 5.75 Å². The number of hydrogen-bond acceptors (Lipinski definition) is 5. The van der Waals surface area contributed by atoms with Gasteiger partial charge in [0.05, 0.1) is 16.4 Å². The highest BCUT2D eigenvalue weighted by molar-refractivity contribution is 6.19. The number of primary amides is 1. The van der Waals surface area contributed by atoms with Crippen molar-refractivity contribution in [2.24, 2.45) is 11.6 Å². The lowest BCUT2D eigenvalue weighted by atomic mass is 9.99. The van der Waals surface area contributed by atoms with Crippen LogP contribution < -0.4 is 16.4 Å². The molecule has 36 heavy (non-hydrogen) atoms. The van der Waals surface area contributed by atoms with Gasteiger partial charge in [0, 0.05) is 17.5 Å². The van der Waals surface area contributed by atoms with E-state index < -0.39 is 12.2 Å². The molecule has 0 aliphatic rings. The molecule has 0 radical (unpaired) electrons. The minimum atomic E-state index is -1.28. The first kappa shape index (κ1) is 23.6. The zero-order valence-corrected chi connectivity index (χ0v) is 19.6. The van der Waals surface area contributed by atoms with Crippen molar-refractivity contribution in [3.63, 3.8) is 0 Å². The quantitative estimate of drug-likeness (QED) is 0.217. The summed E-state index contributed by atoms with van der Waals surface area (Å²) in [6.45, 7) is 0.421. The van der Waals surface area contributed by atoms with Gasteiger partial charge in [-0.3, -0.25) is 9.63 Å². The summed E-state index contributed by atoms with van der Waals surface area (Å²) in [5.41, 5.74) is 11.5. The number of amides is 1. The average molecular weight is 482 g/mol. The Morgan fingerprint density at radius 3 is 2.22 bits per heavy atom. The highest BCUT2D eigenvalue weighted by Crippen LogP contribution is 2.38. The Morgan fingerprint density at radius 1 is 0.833 bits per heavy atom. The smallest absolute Gasteiger partial charge is 0.249 e. The maximum absolute atomic E-state index is 12.4. The molecule has 5 rings (SSSR count). The first-order valence-corrected chi connectivity index (χ1v) is 11.7. The summed E-state index contributed by atoms with van der Waals surface area (Å²) in [6, 6.07) is 29.9. The predicted molar refractivity (Wildman–Crippen MR) is 140 cm³/mol. The van der Waals surface area contributed by atoms with E-state index in [9.17, 15) is 9.90 Å². The molecule has 5 aromatic rings. The van der Waals surface area contributed by atoms with Crippen LogP contribution in [0, 0.1) is 0 Å². The molecule has 1 atom stereocenters. The fourth-order valence-electron chi connectivity index (χ4n) is 4.72. The third-order valence-corrected chi connectivity index (χ3v) is 6.37. The molecule has 1 amide bonds. The topological polar surface area (TPSA) is 113 Å². The number of hydrogen-bond donors (Lipinski definition) is 3. The van der Waals surface area contributed by atoms with Gasteiger partial charge in [-0.1, -0.05) is 66.7 Å². The van der Waals surface area contributed by atoms with Gasteiger partial charge in [-0.2, -0.15) is 0 Å². The minimum Gasteiger partial charge on any atom is -0.487 e. The second kappa shape index (κ2) is 10.2. The van der Waals surface area contributed by atoms with Crippen LogP contribution in [0.15, 0.2) is 91.0 Å². The first-order valence-electron chi connectivity index (χ1n) is 11.7. The normalized spacial score (nSPS) is 12.2. The molecule has 0 bridgehead atoms. The number of carbonyl (C=O) groups is 1. The van der Waals surface area contributed by atoms with Crippen LogP contribution in [-0.2, 0) is 17.8 Å². The van der Waals surface area contributed by atoms with Crippen LogP contribution in [0.3, 0.4) is 0 Å². The Bertz CT molecular complexity index is 1530. The largest absolute Gasteiger partial charge is 0.487 e. The molecule has 5 N–H and O–H groups in total. The Kier molecular flexibility index (Phi) is 6.69. The van der Waals surface area contributed by atoms with Gasteiger partial charge in [-0.15, -0.1) is 0 Å². The average Bonchev–Trinajstić information content (AvgIpc) is 3.23. The highest BCUT2D eigenvalue weighted by Gasteiger charge is 2.20. The molecule has 1 unspecified atom stereocenters. The van der Waals surface area contributed by atoms with Crippen molar-refractivity contribution in [2.75, 3.05) is 6.61 Å². The molecular weight excluding hydrogens is 454 g/mol. The van der Waals surface area contributed by atoms with Crippen molar-refractivity contribution in [1.82, 2.24) is 4.57 Å². The molecule has 0 spiro atoms. The summed E-state index contributed by atoms with van der Waals surface area (Å²) in [5.74, 6) is 5.04. The second-order valence-electron chi connectivity index (χ2n) is 8.63. The molecule has 7 nitrogen and oxygen atoms in total. The van der Waals surface area contributed by atoms with Crippen molar-refractivity contribution < 1.29 is 19.5 Å². The van der Waals surface area contributed by atoms with E-state index in [0.717, 1.165) is 22.8 Å². The summed E-state index contributed by atoms with van der Waals surface area (Å²) >= 11 is 0. The number of nitrogens with zero attached hydrogens (tertiary/aromatic N) is 1. The van der Waals surface area contributed by atoms with Crippen LogP contribution >= 0.6 is 0 Å². The summed E-state index contributed by atoms with van der Waals surface area (Å²) < 4.78 is 8.03. The maximum atomic E-state index is 12.4. The van der Waals surface area contributed by atoms with Gasteiger partial charge in [0.2, 0.25) is 12.2 Å². The Balaban J connectivity index is 1.67. The van der Waals surface area contributed by atoms with E-state index in [1.54, 1.807) is 12.1 Å². The van der Waals surface area contributed by atoms with Crippen LogP contribution in [0.5, 0.6) is 5.75 Å². The Hall–Kier alpha value is -4.17. The van der Waals surface area contributed by atoms with Crippen molar-refractivity contribution in [3.05, 3.63) is 113 Å². The lowest BCUT2D eigenvalue weighted by molar-refractivity contribution is -0.121. The maximum Gasteiger partial charge on any atom is 0.249 e. The zero-order valence-electron chi connectivity index (χ0n) is 19.6. The van der Waals surface area contributed by atoms with Crippen LogP contribution in [0.1, 0.15) is 27.0 Å². The molecule has 182 valence electrons. The Morgan fingerprint density at radius 2 is 1.50 bits per heavy atom. The van der Waals surface area contributed by atoms with Gasteiger partial charge in [-0.25, -0.2) is 5.90 Å². The lowest BCUT2D eigenvalue weighted by Crippen LogP contribution is -2.24. The molecule has 0 aliphatic heterocycles. The molecular formula is C29H27N3O4. The minimum absolute atomic E-state index is 0.166. The number of ether oxygens (including phenoxy) is 1. The highest BCUT2D eigenvalue weighted by atomic mass is 16.7. The summed E-state index contributed by atoms with van der Waals surface area (Å²) in [5, 5.41) is 11.2. The fourth-order valence-corrected chi connectivity index (χ4v) is 4.72. The van der Waals surface area contributed by atoms with E-state index in [4.69, 9.17) is 16.4 Å². The van der Waals surface area contributed by atoms with Gasteiger partial charge < -0.3 is 20.1 Å². The number of aromatic nitrogens is 1. The molecule has 0 saturated heterocycles. The summed E-state index contributed by atoms with van der Waals surface area (Å²) in [4.78, 5) is 16.8. The number of benzene rings is 4. The molecule has 0 saturated carbocycles. The fraction of sp³-hybridized carbons (Fsp3) is 0.138. The molecule has 1 heterocycles. The van der Waals surface area contributed by atoms with Crippen LogP contribution in [-0.4, -0.2) is 28.5 Å². The van der Waals surface area contributed by atoms with E-state index in [-0.39, 0.29) is 6.61 Å². The number of aliphatic hydroxyl groups is 1. The number of fused-ring (bicyclic) bond motifs is 3. The molecule has 0 fully saturated rings. The molecule has 1 aromatic heterocycles. The van der Waals surface area contributed by atoms with E-state index >= 15 is 0 Å². The van der Waals surface area contributed by atoms with E-state index in [1.165, 1.54) is 16.7 Å². The third kappa shape index (κ3) is 4.55. The molecule has 0 aliphatic carbocycles. The van der Waals surface area contributed by atoms with Crippen molar-refractivity contribution in [1.29, 1.82) is 0 Å². The van der Waals surface area contributed by atoms with Gasteiger partial charge in [0.15, 0.2) is 0 Å². The summed E-state index contributed by atoms with van der Waals surface area (Å²) in [7, 11) is 0. The van der Waals surface area contributed by atoms with Crippen molar-refractivity contribution >= 4 is 27.7 Å². The van der Waals surface area contributed by atoms with Gasteiger partial charge in [0.1, 0.15) is 12.4 Å².